The number of pyridine rings is 1. The van der Waals surface area contributed by atoms with Crippen molar-refractivity contribution in [1.82, 2.24) is 4.98 Å². The SMILES string of the molecule is CNc1cc(C(F)(F)F)cc(NCC(C)OC)n1. The highest BCUT2D eigenvalue weighted by atomic mass is 19.4. The van der Waals surface area contributed by atoms with Crippen molar-refractivity contribution >= 4 is 11.6 Å². The Kier molecular flexibility index (Phi) is 4.77. The summed E-state index contributed by atoms with van der Waals surface area (Å²) in [6.45, 7) is 2.19. The molecule has 0 aromatic carbocycles. The topological polar surface area (TPSA) is 46.2 Å². The van der Waals surface area contributed by atoms with Crippen LogP contribution in [0.1, 0.15) is 12.5 Å². The average molecular weight is 263 g/mol. The monoisotopic (exact) mass is 263 g/mol. The Morgan fingerprint density at radius 2 is 1.94 bits per heavy atom. The molecule has 4 nitrogen and oxygen atoms in total. The standard InChI is InChI=1S/C11H16F3N3O/c1-7(18-3)6-16-10-5-8(11(12,13)14)4-9(15-2)17-10/h4-5,7H,6H2,1-3H3,(H2,15,16,17). The van der Waals surface area contributed by atoms with Gasteiger partial charge in [-0.05, 0) is 19.1 Å². The van der Waals surface area contributed by atoms with E-state index < -0.39 is 11.7 Å². The number of ether oxygens (including phenoxy) is 1. The number of rotatable bonds is 5. The number of anilines is 2. The van der Waals surface area contributed by atoms with Crippen LogP contribution in [-0.2, 0) is 10.9 Å². The van der Waals surface area contributed by atoms with Gasteiger partial charge in [-0.15, -0.1) is 0 Å². The van der Waals surface area contributed by atoms with Crippen LogP contribution in [-0.4, -0.2) is 31.8 Å². The van der Waals surface area contributed by atoms with Gasteiger partial charge in [0.15, 0.2) is 0 Å². The van der Waals surface area contributed by atoms with Crippen molar-refractivity contribution < 1.29 is 17.9 Å². The van der Waals surface area contributed by atoms with Crippen molar-refractivity contribution in [3.8, 4) is 0 Å². The fraction of sp³-hybridized carbons (Fsp3) is 0.545. The van der Waals surface area contributed by atoms with E-state index in [2.05, 4.69) is 15.6 Å². The highest BCUT2D eigenvalue weighted by Crippen LogP contribution is 2.31. The molecule has 0 aliphatic rings. The molecule has 18 heavy (non-hydrogen) atoms. The molecule has 1 heterocycles. The van der Waals surface area contributed by atoms with Gasteiger partial charge in [-0.2, -0.15) is 13.2 Å². The van der Waals surface area contributed by atoms with Crippen LogP contribution in [0.2, 0.25) is 0 Å². The highest BCUT2D eigenvalue weighted by Gasteiger charge is 2.31. The maximum absolute atomic E-state index is 12.6. The second-order valence-electron chi connectivity index (χ2n) is 3.80. The summed E-state index contributed by atoms with van der Waals surface area (Å²) in [5.41, 5.74) is -0.741. The van der Waals surface area contributed by atoms with Crippen LogP contribution in [0.3, 0.4) is 0 Å². The van der Waals surface area contributed by atoms with Crippen molar-refractivity contribution in [2.45, 2.75) is 19.2 Å². The number of nitrogens with one attached hydrogen (secondary N) is 2. The summed E-state index contributed by atoms with van der Waals surface area (Å²) in [5, 5.41) is 5.41. The zero-order valence-electron chi connectivity index (χ0n) is 10.4. The lowest BCUT2D eigenvalue weighted by molar-refractivity contribution is -0.137. The van der Waals surface area contributed by atoms with Crippen molar-refractivity contribution in [3.05, 3.63) is 17.7 Å². The van der Waals surface area contributed by atoms with Gasteiger partial charge in [0.25, 0.3) is 0 Å². The largest absolute Gasteiger partial charge is 0.416 e. The number of halogens is 3. The van der Waals surface area contributed by atoms with Gasteiger partial charge in [0.1, 0.15) is 11.6 Å². The molecule has 0 amide bonds. The van der Waals surface area contributed by atoms with Gasteiger partial charge in [-0.3, -0.25) is 0 Å². The molecular formula is C11H16F3N3O. The van der Waals surface area contributed by atoms with E-state index in [9.17, 15) is 13.2 Å². The third-order valence-corrected chi connectivity index (χ3v) is 2.38. The molecule has 0 spiro atoms. The van der Waals surface area contributed by atoms with Gasteiger partial charge in [0.05, 0.1) is 11.7 Å². The third-order valence-electron chi connectivity index (χ3n) is 2.38. The minimum atomic E-state index is -4.39. The van der Waals surface area contributed by atoms with E-state index in [1.165, 1.54) is 14.2 Å². The molecule has 1 unspecified atom stereocenters. The summed E-state index contributed by atoms with van der Waals surface area (Å²) >= 11 is 0. The third kappa shape index (κ3) is 4.06. The molecule has 1 aromatic heterocycles. The maximum atomic E-state index is 12.6. The molecule has 0 aliphatic heterocycles. The highest BCUT2D eigenvalue weighted by molar-refractivity contribution is 5.49. The minimum absolute atomic E-state index is 0.112. The predicted molar refractivity (Wildman–Crippen MR) is 63.7 cm³/mol. The molecule has 0 saturated carbocycles. The lowest BCUT2D eigenvalue weighted by Crippen LogP contribution is -2.19. The Balaban J connectivity index is 2.91. The van der Waals surface area contributed by atoms with Crippen LogP contribution in [0.25, 0.3) is 0 Å². The zero-order valence-corrected chi connectivity index (χ0v) is 10.4. The molecule has 102 valence electrons. The number of nitrogens with zero attached hydrogens (tertiary/aromatic N) is 1. The molecule has 1 rings (SSSR count). The van der Waals surface area contributed by atoms with E-state index in [0.29, 0.717) is 6.54 Å². The zero-order chi connectivity index (χ0) is 13.8. The van der Waals surface area contributed by atoms with E-state index in [-0.39, 0.29) is 17.7 Å². The van der Waals surface area contributed by atoms with Gasteiger partial charge >= 0.3 is 6.18 Å². The lowest BCUT2D eigenvalue weighted by atomic mass is 10.2. The van der Waals surface area contributed by atoms with Gasteiger partial charge in [0, 0.05) is 20.7 Å². The van der Waals surface area contributed by atoms with Gasteiger partial charge in [0.2, 0.25) is 0 Å². The molecule has 1 atom stereocenters. The van der Waals surface area contributed by atoms with Crippen LogP contribution in [0, 0.1) is 0 Å². The smallest absolute Gasteiger partial charge is 0.380 e. The van der Waals surface area contributed by atoms with Crippen LogP contribution in [0.15, 0.2) is 12.1 Å². The normalized spacial score (nSPS) is 13.2. The summed E-state index contributed by atoms with van der Waals surface area (Å²) in [6, 6.07) is 1.94. The van der Waals surface area contributed by atoms with E-state index in [1.807, 2.05) is 0 Å². The first kappa shape index (κ1) is 14.6. The second-order valence-corrected chi connectivity index (χ2v) is 3.80. The minimum Gasteiger partial charge on any atom is -0.380 e. The van der Waals surface area contributed by atoms with E-state index in [0.717, 1.165) is 12.1 Å². The Morgan fingerprint density at radius 3 is 2.44 bits per heavy atom. The summed E-state index contributed by atoms with van der Waals surface area (Å²) in [6.07, 6.45) is -4.50. The van der Waals surface area contributed by atoms with Gasteiger partial charge in [-0.1, -0.05) is 0 Å². The number of hydrogen-bond acceptors (Lipinski definition) is 4. The molecule has 0 radical (unpaired) electrons. The maximum Gasteiger partial charge on any atom is 0.416 e. The fourth-order valence-electron chi connectivity index (χ4n) is 1.24. The molecule has 0 bridgehead atoms. The van der Waals surface area contributed by atoms with Crippen LogP contribution in [0.4, 0.5) is 24.8 Å². The van der Waals surface area contributed by atoms with Crippen LogP contribution < -0.4 is 10.6 Å². The number of aromatic nitrogens is 1. The van der Waals surface area contributed by atoms with Crippen molar-refractivity contribution in [2.24, 2.45) is 0 Å². The predicted octanol–water partition coefficient (Wildman–Crippen LogP) is 2.59. The van der Waals surface area contributed by atoms with Crippen molar-refractivity contribution in [3.63, 3.8) is 0 Å². The first-order chi connectivity index (χ1) is 8.36. The van der Waals surface area contributed by atoms with Crippen LogP contribution >= 0.6 is 0 Å². The molecule has 0 aliphatic carbocycles. The summed E-state index contributed by atoms with van der Waals surface area (Å²) < 4.78 is 42.9. The molecule has 0 fully saturated rings. The number of hydrogen-bond donors (Lipinski definition) is 2. The Labute approximate surface area is 104 Å². The number of alkyl halides is 3. The summed E-state index contributed by atoms with van der Waals surface area (Å²) in [7, 11) is 3.05. The summed E-state index contributed by atoms with van der Waals surface area (Å²) in [4.78, 5) is 3.99. The molecule has 7 heteroatoms. The van der Waals surface area contributed by atoms with Crippen molar-refractivity contribution in [1.29, 1.82) is 0 Å². The number of methoxy groups -OCH3 is 1. The molecular weight excluding hydrogens is 247 g/mol. The Bertz CT molecular complexity index is 396. The quantitative estimate of drug-likeness (QED) is 0.857. The van der Waals surface area contributed by atoms with E-state index in [1.54, 1.807) is 6.92 Å². The Hall–Kier alpha value is -1.50. The molecule has 0 saturated heterocycles. The van der Waals surface area contributed by atoms with Crippen molar-refractivity contribution in [2.75, 3.05) is 31.3 Å². The Morgan fingerprint density at radius 1 is 1.33 bits per heavy atom. The van der Waals surface area contributed by atoms with E-state index >= 15 is 0 Å². The van der Waals surface area contributed by atoms with Crippen LogP contribution in [0.5, 0.6) is 0 Å². The van der Waals surface area contributed by atoms with Gasteiger partial charge < -0.3 is 15.4 Å². The van der Waals surface area contributed by atoms with E-state index in [4.69, 9.17) is 4.74 Å². The summed E-state index contributed by atoms with van der Waals surface area (Å²) in [5.74, 6) is 0.329. The lowest BCUT2D eigenvalue weighted by Gasteiger charge is -2.14. The van der Waals surface area contributed by atoms with Gasteiger partial charge in [-0.25, -0.2) is 4.98 Å². The molecule has 2 N–H and O–H groups in total. The fourth-order valence-corrected chi connectivity index (χ4v) is 1.24. The first-order valence-electron chi connectivity index (χ1n) is 5.40. The molecule has 1 aromatic rings. The average Bonchev–Trinajstić information content (AvgIpc) is 2.34. The second kappa shape index (κ2) is 5.90. The first-order valence-corrected chi connectivity index (χ1v) is 5.40.